The van der Waals surface area contributed by atoms with Crippen LogP contribution in [0.5, 0.6) is 0 Å². The van der Waals surface area contributed by atoms with E-state index < -0.39 is 5.41 Å². The van der Waals surface area contributed by atoms with Crippen LogP contribution < -0.4 is 0 Å². The molecule has 1 saturated heterocycles. The van der Waals surface area contributed by atoms with E-state index >= 15 is 0 Å². The minimum absolute atomic E-state index is 0.0796. The quantitative estimate of drug-likeness (QED) is 0.602. The predicted molar refractivity (Wildman–Crippen MR) is 65.1 cm³/mol. The maximum absolute atomic E-state index is 12.2. The van der Waals surface area contributed by atoms with Crippen molar-refractivity contribution in [2.75, 3.05) is 0 Å². The Kier molecular flexibility index (Phi) is 2.67. The largest absolute Gasteiger partial charge is 0.373 e. The first kappa shape index (κ1) is 12.3. The van der Waals surface area contributed by atoms with Gasteiger partial charge in [0.25, 0.3) is 0 Å². The van der Waals surface area contributed by atoms with Gasteiger partial charge in [0.2, 0.25) is 5.70 Å². The molecule has 2 rings (SSSR count). The molecule has 0 radical (unpaired) electrons. The molecule has 92 valence electrons. The number of carbonyl (C=O) groups excluding carboxylic acids is 1. The van der Waals surface area contributed by atoms with Crippen LogP contribution >= 0.6 is 0 Å². The maximum atomic E-state index is 12.2. The second-order valence-corrected chi connectivity index (χ2v) is 6.06. The van der Waals surface area contributed by atoms with Crippen LogP contribution in [0.1, 0.15) is 40.5 Å². The lowest BCUT2D eigenvalue weighted by molar-refractivity contribution is -0.167. The molecule has 2 aliphatic rings. The van der Waals surface area contributed by atoms with Gasteiger partial charge in [-0.05, 0) is 19.8 Å². The predicted octanol–water partition coefficient (Wildman–Crippen LogP) is 2.97. The second-order valence-electron chi connectivity index (χ2n) is 6.06. The summed E-state index contributed by atoms with van der Waals surface area (Å²) >= 11 is 0. The van der Waals surface area contributed by atoms with Crippen LogP contribution in [-0.2, 0) is 9.53 Å². The third-order valence-electron chi connectivity index (χ3n) is 4.12. The molecule has 0 spiro atoms. The molecule has 1 fully saturated rings. The molecule has 0 bridgehead atoms. The van der Waals surface area contributed by atoms with Crippen molar-refractivity contribution in [2.24, 2.45) is 10.8 Å². The van der Waals surface area contributed by atoms with E-state index in [1.54, 1.807) is 0 Å². The maximum Gasteiger partial charge on any atom is 0.226 e. The van der Waals surface area contributed by atoms with Crippen LogP contribution in [-0.4, -0.2) is 18.0 Å². The lowest BCUT2D eigenvalue weighted by Crippen LogP contribution is -2.55. The summed E-state index contributed by atoms with van der Waals surface area (Å²) in [6.07, 6.45) is 3.89. The van der Waals surface area contributed by atoms with Crippen molar-refractivity contribution < 1.29 is 9.53 Å². The van der Waals surface area contributed by atoms with Gasteiger partial charge in [-0.25, -0.2) is 4.85 Å². The van der Waals surface area contributed by atoms with Crippen molar-refractivity contribution in [1.29, 1.82) is 0 Å². The standard InChI is InChI=1S/C14H19NO2/c1-9-6-7-14(4)8-10(15-5)11(16)13(2,3)12(14)17-9/h8-9,12H,6-7H2,1-4H3/t9-,12-,14-/m1/s1. The van der Waals surface area contributed by atoms with Crippen molar-refractivity contribution in [3.05, 3.63) is 23.2 Å². The SMILES string of the molecule is [C-]#[N+]C1=C[C@@]2(C)CC[C@@H](C)O[C@@H]2C(C)(C)C1=O. The Labute approximate surface area is 103 Å². The number of hydrogen-bond acceptors (Lipinski definition) is 2. The van der Waals surface area contributed by atoms with Gasteiger partial charge in [-0.2, -0.15) is 0 Å². The zero-order chi connectivity index (χ0) is 12.8. The first-order chi connectivity index (χ1) is 7.81. The molecule has 1 aliphatic carbocycles. The van der Waals surface area contributed by atoms with Gasteiger partial charge in [0.05, 0.1) is 18.8 Å². The zero-order valence-corrected chi connectivity index (χ0v) is 10.9. The molecular weight excluding hydrogens is 214 g/mol. The fourth-order valence-corrected chi connectivity index (χ4v) is 3.15. The van der Waals surface area contributed by atoms with Gasteiger partial charge in [-0.3, -0.25) is 0 Å². The second kappa shape index (κ2) is 3.68. The average molecular weight is 233 g/mol. The van der Waals surface area contributed by atoms with Crippen LogP contribution in [0.3, 0.4) is 0 Å². The summed E-state index contributed by atoms with van der Waals surface area (Å²) in [6, 6.07) is 0. The summed E-state index contributed by atoms with van der Waals surface area (Å²) in [5, 5.41) is 0. The number of ether oxygens (including phenoxy) is 1. The smallest absolute Gasteiger partial charge is 0.226 e. The van der Waals surface area contributed by atoms with Gasteiger partial charge in [-0.15, -0.1) is 0 Å². The molecule has 0 unspecified atom stereocenters. The number of nitrogens with zero attached hydrogens (tertiary/aromatic N) is 1. The highest BCUT2D eigenvalue weighted by Gasteiger charge is 2.54. The molecule has 3 heteroatoms. The fraction of sp³-hybridized carbons (Fsp3) is 0.714. The highest BCUT2D eigenvalue weighted by atomic mass is 16.5. The number of hydrogen-bond donors (Lipinski definition) is 0. The number of Topliss-reactive ketones (excluding diaryl/α,β-unsaturated/α-hetero) is 1. The summed E-state index contributed by atoms with van der Waals surface area (Å²) in [5.41, 5.74) is -0.492. The van der Waals surface area contributed by atoms with Crippen LogP contribution in [0, 0.1) is 17.4 Å². The first-order valence-corrected chi connectivity index (χ1v) is 6.12. The molecule has 0 aromatic heterocycles. The van der Waals surface area contributed by atoms with Gasteiger partial charge < -0.3 is 9.53 Å². The van der Waals surface area contributed by atoms with Gasteiger partial charge in [0.1, 0.15) is 0 Å². The minimum atomic E-state index is -0.599. The lowest BCUT2D eigenvalue weighted by Gasteiger charge is -2.51. The van der Waals surface area contributed by atoms with Crippen molar-refractivity contribution in [1.82, 2.24) is 0 Å². The molecule has 0 aromatic rings. The average Bonchev–Trinajstić information content (AvgIpc) is 2.27. The Hall–Kier alpha value is -1.14. The van der Waals surface area contributed by atoms with Crippen molar-refractivity contribution >= 4 is 5.78 Å². The van der Waals surface area contributed by atoms with Crippen molar-refractivity contribution in [2.45, 2.75) is 52.7 Å². The van der Waals surface area contributed by atoms with Gasteiger partial charge in [-0.1, -0.05) is 26.8 Å². The molecule has 0 N–H and O–H groups in total. The lowest BCUT2D eigenvalue weighted by atomic mass is 9.61. The third kappa shape index (κ3) is 1.71. The molecule has 0 saturated carbocycles. The first-order valence-electron chi connectivity index (χ1n) is 6.12. The van der Waals surface area contributed by atoms with Crippen LogP contribution in [0.25, 0.3) is 4.85 Å². The minimum Gasteiger partial charge on any atom is -0.373 e. The van der Waals surface area contributed by atoms with Gasteiger partial charge >= 0.3 is 0 Å². The monoisotopic (exact) mass is 233 g/mol. The Morgan fingerprint density at radius 1 is 1.47 bits per heavy atom. The number of allylic oxidation sites excluding steroid dienone is 1. The van der Waals surface area contributed by atoms with Crippen LogP contribution in [0.15, 0.2) is 11.8 Å². The molecular formula is C14H19NO2. The Balaban J connectivity index is 2.51. The summed E-state index contributed by atoms with van der Waals surface area (Å²) in [7, 11) is 0. The number of ketones is 1. The molecule has 1 aliphatic heterocycles. The molecule has 3 atom stereocenters. The highest BCUT2D eigenvalue weighted by molar-refractivity contribution is 6.02. The van der Waals surface area contributed by atoms with Crippen molar-refractivity contribution in [3.8, 4) is 0 Å². The molecule has 3 nitrogen and oxygen atoms in total. The summed E-state index contributed by atoms with van der Waals surface area (Å²) < 4.78 is 6.00. The van der Waals surface area contributed by atoms with E-state index in [-0.39, 0.29) is 29.1 Å². The van der Waals surface area contributed by atoms with E-state index in [0.29, 0.717) is 0 Å². The Morgan fingerprint density at radius 3 is 2.71 bits per heavy atom. The van der Waals surface area contributed by atoms with E-state index in [2.05, 4.69) is 11.8 Å². The Morgan fingerprint density at radius 2 is 2.12 bits per heavy atom. The van der Waals surface area contributed by atoms with E-state index in [9.17, 15) is 4.79 Å². The van der Waals surface area contributed by atoms with E-state index in [0.717, 1.165) is 12.8 Å². The fourth-order valence-electron chi connectivity index (χ4n) is 3.15. The normalized spacial score (nSPS) is 40.2. The summed E-state index contributed by atoms with van der Waals surface area (Å²) in [4.78, 5) is 15.6. The molecule has 0 aromatic carbocycles. The van der Waals surface area contributed by atoms with Crippen molar-refractivity contribution in [3.63, 3.8) is 0 Å². The van der Waals surface area contributed by atoms with Crippen LogP contribution in [0.2, 0.25) is 0 Å². The molecule has 1 heterocycles. The van der Waals surface area contributed by atoms with Crippen LogP contribution in [0.4, 0.5) is 0 Å². The number of rotatable bonds is 0. The third-order valence-corrected chi connectivity index (χ3v) is 4.12. The van der Waals surface area contributed by atoms with E-state index in [4.69, 9.17) is 11.3 Å². The topological polar surface area (TPSA) is 30.7 Å². The number of carbonyl (C=O) groups is 1. The Bertz CT molecular complexity index is 430. The molecule has 17 heavy (non-hydrogen) atoms. The summed E-state index contributed by atoms with van der Waals surface area (Å²) in [6.45, 7) is 15.1. The summed E-state index contributed by atoms with van der Waals surface area (Å²) in [5.74, 6) is -0.0796. The van der Waals surface area contributed by atoms with E-state index in [1.165, 1.54) is 0 Å². The zero-order valence-electron chi connectivity index (χ0n) is 10.9. The van der Waals surface area contributed by atoms with Gasteiger partial charge in [0.15, 0.2) is 5.78 Å². The van der Waals surface area contributed by atoms with Gasteiger partial charge in [0, 0.05) is 10.8 Å². The number of fused-ring (bicyclic) bond motifs is 1. The molecule has 0 amide bonds. The highest BCUT2D eigenvalue weighted by Crippen LogP contribution is 2.50. The van der Waals surface area contributed by atoms with E-state index in [1.807, 2.05) is 26.8 Å².